The minimum absolute atomic E-state index is 0.0596. The maximum atomic E-state index is 13.5. The SMILES string of the molecule is CC(C)c1nn(-c2ccc(F)cc2)c2nc(C(=O)O)cc(N3CCC(C(C)(C)O)CC3)c12. The first-order valence-electron chi connectivity index (χ1n) is 11.0. The Morgan fingerprint density at radius 3 is 2.34 bits per heavy atom. The van der Waals surface area contributed by atoms with E-state index in [1.165, 1.54) is 12.1 Å². The zero-order valence-corrected chi connectivity index (χ0v) is 18.8. The highest BCUT2D eigenvalue weighted by atomic mass is 19.1. The normalized spacial score (nSPS) is 15.7. The molecule has 0 saturated carbocycles. The summed E-state index contributed by atoms with van der Waals surface area (Å²) in [7, 11) is 0. The summed E-state index contributed by atoms with van der Waals surface area (Å²) in [6, 6.07) is 7.53. The van der Waals surface area contributed by atoms with Crippen LogP contribution in [0.25, 0.3) is 16.7 Å². The number of piperidine rings is 1. The van der Waals surface area contributed by atoms with Gasteiger partial charge in [0.2, 0.25) is 0 Å². The molecule has 3 aromatic rings. The quantitative estimate of drug-likeness (QED) is 0.612. The maximum Gasteiger partial charge on any atom is 0.354 e. The number of rotatable bonds is 5. The first-order valence-corrected chi connectivity index (χ1v) is 11.0. The van der Waals surface area contributed by atoms with E-state index in [2.05, 4.69) is 9.88 Å². The highest BCUT2D eigenvalue weighted by molar-refractivity contribution is 5.98. The van der Waals surface area contributed by atoms with Gasteiger partial charge in [-0.25, -0.2) is 18.9 Å². The molecule has 1 aliphatic heterocycles. The second kappa shape index (κ2) is 8.16. The fourth-order valence-electron chi connectivity index (χ4n) is 4.47. The molecule has 0 bridgehead atoms. The van der Waals surface area contributed by atoms with Gasteiger partial charge in [-0.1, -0.05) is 13.8 Å². The Bertz CT molecular complexity index is 1140. The molecule has 4 rings (SSSR count). The van der Waals surface area contributed by atoms with Crippen molar-refractivity contribution in [2.24, 2.45) is 5.92 Å². The summed E-state index contributed by atoms with van der Waals surface area (Å²) in [5.74, 6) is -1.22. The number of halogens is 1. The standard InChI is InChI=1S/C24H29FN4O3/c1-14(2)21-20-19(28-11-9-15(10-12-28)24(3,4)32)13-18(23(30)31)26-22(20)29(27-21)17-7-5-16(25)6-8-17/h5-8,13-15,32H,9-12H2,1-4H3,(H,30,31). The second-order valence-corrected chi connectivity index (χ2v) is 9.37. The Labute approximate surface area is 186 Å². The smallest absolute Gasteiger partial charge is 0.354 e. The van der Waals surface area contributed by atoms with Crippen LogP contribution in [0.4, 0.5) is 10.1 Å². The number of aromatic nitrogens is 3. The van der Waals surface area contributed by atoms with Gasteiger partial charge in [0.05, 0.1) is 28.1 Å². The molecule has 8 heteroatoms. The molecule has 2 N–H and O–H groups in total. The van der Waals surface area contributed by atoms with Crippen molar-refractivity contribution in [1.29, 1.82) is 0 Å². The van der Waals surface area contributed by atoms with E-state index in [-0.39, 0.29) is 23.3 Å². The molecule has 1 aliphatic rings. The van der Waals surface area contributed by atoms with Gasteiger partial charge >= 0.3 is 5.97 Å². The largest absolute Gasteiger partial charge is 0.477 e. The van der Waals surface area contributed by atoms with Crippen molar-refractivity contribution in [3.05, 3.63) is 47.5 Å². The van der Waals surface area contributed by atoms with E-state index < -0.39 is 11.6 Å². The summed E-state index contributed by atoms with van der Waals surface area (Å²) in [4.78, 5) is 18.5. The minimum atomic E-state index is -1.11. The number of nitrogens with zero attached hydrogens (tertiary/aromatic N) is 4. The Morgan fingerprint density at radius 1 is 1.19 bits per heavy atom. The number of aliphatic hydroxyl groups is 1. The second-order valence-electron chi connectivity index (χ2n) is 9.37. The van der Waals surface area contributed by atoms with Crippen molar-refractivity contribution in [3.63, 3.8) is 0 Å². The topological polar surface area (TPSA) is 91.5 Å². The fraction of sp³-hybridized carbons (Fsp3) is 0.458. The molecule has 0 aliphatic carbocycles. The van der Waals surface area contributed by atoms with Gasteiger partial charge in [0.15, 0.2) is 11.3 Å². The monoisotopic (exact) mass is 440 g/mol. The van der Waals surface area contributed by atoms with Gasteiger partial charge < -0.3 is 15.1 Å². The van der Waals surface area contributed by atoms with E-state index in [9.17, 15) is 19.4 Å². The molecule has 2 aromatic heterocycles. The van der Waals surface area contributed by atoms with Gasteiger partial charge in [0, 0.05) is 13.1 Å². The van der Waals surface area contributed by atoms with Crippen LogP contribution in [0.15, 0.2) is 30.3 Å². The van der Waals surface area contributed by atoms with Crippen LogP contribution in [0.1, 0.15) is 62.6 Å². The molecule has 0 atom stereocenters. The van der Waals surface area contributed by atoms with Crippen LogP contribution in [0.2, 0.25) is 0 Å². The van der Waals surface area contributed by atoms with Crippen LogP contribution < -0.4 is 4.90 Å². The Kier molecular flexibility index (Phi) is 5.67. The third kappa shape index (κ3) is 4.07. The van der Waals surface area contributed by atoms with Gasteiger partial charge in [0.1, 0.15) is 5.82 Å². The minimum Gasteiger partial charge on any atom is -0.477 e. The number of benzene rings is 1. The van der Waals surface area contributed by atoms with Crippen molar-refractivity contribution in [3.8, 4) is 5.69 Å². The van der Waals surface area contributed by atoms with E-state index in [0.29, 0.717) is 24.4 Å². The highest BCUT2D eigenvalue weighted by Gasteiger charge is 2.32. The first-order chi connectivity index (χ1) is 15.1. The summed E-state index contributed by atoms with van der Waals surface area (Å²) >= 11 is 0. The Morgan fingerprint density at radius 2 is 1.81 bits per heavy atom. The van der Waals surface area contributed by atoms with Crippen molar-refractivity contribution in [2.45, 2.75) is 52.1 Å². The van der Waals surface area contributed by atoms with E-state index >= 15 is 0 Å². The molecule has 32 heavy (non-hydrogen) atoms. The maximum absolute atomic E-state index is 13.5. The molecule has 1 aromatic carbocycles. The molecule has 3 heterocycles. The van der Waals surface area contributed by atoms with Crippen LogP contribution in [0, 0.1) is 11.7 Å². The van der Waals surface area contributed by atoms with E-state index in [4.69, 9.17) is 5.10 Å². The number of carbonyl (C=O) groups is 1. The lowest BCUT2D eigenvalue weighted by Crippen LogP contribution is -2.42. The van der Waals surface area contributed by atoms with Gasteiger partial charge in [0.25, 0.3) is 0 Å². The average Bonchev–Trinajstić information content (AvgIpc) is 3.13. The Hall–Kier alpha value is -3.00. The number of aromatic carboxylic acids is 1. The van der Waals surface area contributed by atoms with Crippen LogP contribution in [-0.4, -0.2) is 49.6 Å². The predicted octanol–water partition coefficient (Wildman–Crippen LogP) is 4.37. The van der Waals surface area contributed by atoms with Gasteiger partial charge in [-0.15, -0.1) is 0 Å². The number of hydrogen-bond acceptors (Lipinski definition) is 5. The zero-order valence-electron chi connectivity index (χ0n) is 18.8. The number of anilines is 1. The number of carboxylic acid groups (broad SMARTS) is 1. The molecule has 170 valence electrons. The summed E-state index contributed by atoms with van der Waals surface area (Å²) in [5, 5.41) is 25.7. The first kappa shape index (κ1) is 22.2. The molecule has 0 spiro atoms. The number of pyridine rings is 1. The lowest BCUT2D eigenvalue weighted by molar-refractivity contribution is 0.00653. The van der Waals surface area contributed by atoms with Gasteiger partial charge in [-0.3, -0.25) is 0 Å². The summed E-state index contributed by atoms with van der Waals surface area (Å²) in [5.41, 5.74) is 1.86. The third-order valence-electron chi connectivity index (χ3n) is 6.32. The summed E-state index contributed by atoms with van der Waals surface area (Å²) in [6.07, 6.45) is 1.61. The van der Waals surface area contributed by atoms with Crippen molar-refractivity contribution in [2.75, 3.05) is 18.0 Å². The zero-order chi connectivity index (χ0) is 23.2. The van der Waals surface area contributed by atoms with Crippen LogP contribution >= 0.6 is 0 Å². The van der Waals surface area contributed by atoms with Gasteiger partial charge in [-0.05, 0) is 68.9 Å². The van der Waals surface area contributed by atoms with E-state index in [1.807, 2.05) is 27.7 Å². The summed E-state index contributed by atoms with van der Waals surface area (Å²) in [6.45, 7) is 9.14. The van der Waals surface area contributed by atoms with Crippen LogP contribution in [0.3, 0.4) is 0 Å². The van der Waals surface area contributed by atoms with E-state index in [1.54, 1.807) is 22.9 Å². The lowest BCUT2D eigenvalue weighted by atomic mass is 9.83. The summed E-state index contributed by atoms with van der Waals surface area (Å²) < 4.78 is 15.1. The lowest BCUT2D eigenvalue weighted by Gasteiger charge is -2.39. The fourth-order valence-corrected chi connectivity index (χ4v) is 4.47. The molecule has 7 nitrogen and oxygen atoms in total. The molecule has 0 unspecified atom stereocenters. The van der Waals surface area contributed by atoms with Crippen LogP contribution in [-0.2, 0) is 0 Å². The number of hydrogen-bond donors (Lipinski definition) is 2. The van der Waals surface area contributed by atoms with Crippen molar-refractivity contribution < 1.29 is 19.4 Å². The third-order valence-corrected chi connectivity index (χ3v) is 6.32. The molecular formula is C24H29FN4O3. The molecule has 1 saturated heterocycles. The predicted molar refractivity (Wildman–Crippen MR) is 121 cm³/mol. The van der Waals surface area contributed by atoms with E-state index in [0.717, 1.165) is 29.6 Å². The molecular weight excluding hydrogens is 411 g/mol. The number of fused-ring (bicyclic) bond motifs is 1. The molecule has 1 fully saturated rings. The van der Waals surface area contributed by atoms with Crippen molar-refractivity contribution >= 4 is 22.7 Å². The van der Waals surface area contributed by atoms with Crippen molar-refractivity contribution in [1.82, 2.24) is 14.8 Å². The number of carboxylic acids is 1. The molecule has 0 radical (unpaired) electrons. The highest BCUT2D eigenvalue weighted by Crippen LogP contribution is 2.37. The average molecular weight is 441 g/mol. The molecule has 0 amide bonds. The Balaban J connectivity index is 1.89. The van der Waals surface area contributed by atoms with Crippen LogP contribution in [0.5, 0.6) is 0 Å². The van der Waals surface area contributed by atoms with Gasteiger partial charge in [-0.2, -0.15) is 5.10 Å².